The number of aromatic nitrogens is 3. The third-order valence-corrected chi connectivity index (χ3v) is 8.87. The Morgan fingerprint density at radius 1 is 1.00 bits per heavy atom. The molecule has 0 bridgehead atoms. The van der Waals surface area contributed by atoms with E-state index in [9.17, 15) is 19.2 Å². The van der Waals surface area contributed by atoms with Crippen LogP contribution in [0, 0.1) is 20.8 Å². The minimum atomic E-state index is -0.711. The summed E-state index contributed by atoms with van der Waals surface area (Å²) in [6, 6.07) is 8.99. The number of aryl methyl sites for hydroxylation is 1. The molecule has 0 radical (unpaired) electrons. The van der Waals surface area contributed by atoms with Crippen molar-refractivity contribution in [1.82, 2.24) is 20.1 Å². The van der Waals surface area contributed by atoms with Gasteiger partial charge in [-0.15, -0.1) is 21.5 Å². The number of rotatable bonds is 12. The van der Waals surface area contributed by atoms with Gasteiger partial charge in [0.15, 0.2) is 16.7 Å². The second kappa shape index (κ2) is 14.4. The molecule has 0 saturated carbocycles. The van der Waals surface area contributed by atoms with E-state index in [0.717, 1.165) is 39.9 Å². The van der Waals surface area contributed by atoms with Crippen molar-refractivity contribution < 1.29 is 33.1 Å². The largest absolute Gasteiger partial charge is 0.462 e. The molecule has 0 spiro atoms. The van der Waals surface area contributed by atoms with Crippen LogP contribution in [0.2, 0.25) is 0 Å². The number of nitrogens with zero attached hydrogens (tertiary/aromatic N) is 3. The van der Waals surface area contributed by atoms with Crippen LogP contribution < -0.4 is 10.6 Å². The number of hydrogen-bond acceptors (Lipinski definition) is 11. The molecule has 44 heavy (non-hydrogen) atoms. The van der Waals surface area contributed by atoms with E-state index in [0.29, 0.717) is 16.5 Å². The molecule has 0 fully saturated rings. The number of benzene rings is 1. The van der Waals surface area contributed by atoms with Crippen LogP contribution in [0.3, 0.4) is 0 Å². The fourth-order valence-electron chi connectivity index (χ4n) is 4.23. The first kappa shape index (κ1) is 32.5. The second-order valence-corrected chi connectivity index (χ2v) is 11.9. The highest BCUT2D eigenvalue weighted by atomic mass is 32.2. The molecule has 0 aliphatic carbocycles. The monoisotopic (exact) mass is 639 g/mol. The van der Waals surface area contributed by atoms with Crippen LogP contribution in [0.5, 0.6) is 0 Å². The van der Waals surface area contributed by atoms with E-state index in [1.807, 2.05) is 32.0 Å². The van der Waals surface area contributed by atoms with Crippen LogP contribution in [0.4, 0.5) is 5.00 Å². The first-order valence-corrected chi connectivity index (χ1v) is 15.5. The minimum absolute atomic E-state index is 0.0507. The summed E-state index contributed by atoms with van der Waals surface area (Å²) < 4.78 is 17.3. The van der Waals surface area contributed by atoms with Gasteiger partial charge in [-0.05, 0) is 76.4 Å². The van der Waals surface area contributed by atoms with Crippen molar-refractivity contribution in [3.8, 4) is 5.69 Å². The van der Waals surface area contributed by atoms with Crippen LogP contribution >= 0.6 is 23.1 Å². The van der Waals surface area contributed by atoms with E-state index in [1.54, 1.807) is 44.4 Å². The lowest BCUT2D eigenvalue weighted by Gasteiger charge is -2.16. The van der Waals surface area contributed by atoms with Gasteiger partial charge in [0.25, 0.3) is 5.91 Å². The number of carbonyl (C=O) groups excluding carboxylic acids is 4. The highest BCUT2D eigenvalue weighted by Crippen LogP contribution is 2.35. The van der Waals surface area contributed by atoms with Crippen LogP contribution in [-0.2, 0) is 20.8 Å². The zero-order valence-corrected chi connectivity index (χ0v) is 26.8. The Balaban J connectivity index is 1.62. The third kappa shape index (κ3) is 7.03. The molecule has 232 valence electrons. The number of nitrogens with one attached hydrogen (secondary N) is 2. The highest BCUT2D eigenvalue weighted by molar-refractivity contribution is 8.00. The molecule has 1 unspecified atom stereocenters. The molecular formula is C30H33N5O7S2. The summed E-state index contributed by atoms with van der Waals surface area (Å²) in [7, 11) is 0. The van der Waals surface area contributed by atoms with Gasteiger partial charge < -0.3 is 24.5 Å². The number of carbonyl (C=O) groups is 4. The fourth-order valence-corrected chi connectivity index (χ4v) is 6.20. The Kier molecular flexibility index (Phi) is 10.6. The van der Waals surface area contributed by atoms with Gasteiger partial charge in [-0.1, -0.05) is 23.9 Å². The maximum absolute atomic E-state index is 13.5. The number of thioether (sulfide) groups is 1. The van der Waals surface area contributed by atoms with Gasteiger partial charge in [0.2, 0.25) is 5.91 Å². The van der Waals surface area contributed by atoms with Crippen LogP contribution in [0.15, 0.2) is 46.2 Å². The lowest BCUT2D eigenvalue weighted by atomic mass is 10.1. The number of ether oxygens (including phenoxy) is 2. The maximum atomic E-state index is 13.5. The summed E-state index contributed by atoms with van der Waals surface area (Å²) >= 11 is 2.11. The zero-order valence-electron chi connectivity index (χ0n) is 25.2. The number of amides is 2. The lowest BCUT2D eigenvalue weighted by molar-refractivity contribution is -0.115. The standard InChI is InChI=1S/C30H33N5O7S2/c1-7-40-28(38)23-18(5)24(29(39)41-8-2)44-27(23)32-25(36)19(6)43-30-34-33-22(15-31-26(37)21-13-10-14-42-21)35(30)20-12-9-11-16(3)17(20)4/h9-14,19H,7-8,15H2,1-6H3,(H,31,37)(H,32,36). The molecule has 0 aliphatic rings. The first-order chi connectivity index (χ1) is 21.1. The summed E-state index contributed by atoms with van der Waals surface area (Å²) in [5.41, 5.74) is 3.30. The summed E-state index contributed by atoms with van der Waals surface area (Å²) in [5.74, 6) is -1.45. The van der Waals surface area contributed by atoms with Crippen LogP contribution in [0.25, 0.3) is 5.69 Å². The van der Waals surface area contributed by atoms with Gasteiger partial charge in [0.1, 0.15) is 9.88 Å². The number of hydrogen-bond donors (Lipinski definition) is 2. The Morgan fingerprint density at radius 3 is 2.41 bits per heavy atom. The molecule has 0 aliphatic heterocycles. The summed E-state index contributed by atoms with van der Waals surface area (Å²) in [6.07, 6.45) is 1.42. The Morgan fingerprint density at radius 2 is 1.73 bits per heavy atom. The molecule has 1 aromatic carbocycles. The second-order valence-electron chi connectivity index (χ2n) is 9.56. The van der Waals surface area contributed by atoms with Gasteiger partial charge in [-0.3, -0.25) is 14.2 Å². The summed E-state index contributed by atoms with van der Waals surface area (Å²) in [4.78, 5) is 51.5. The first-order valence-electron chi connectivity index (χ1n) is 13.8. The smallest absolute Gasteiger partial charge is 0.348 e. The quantitative estimate of drug-likeness (QED) is 0.155. The van der Waals surface area contributed by atoms with Crippen LogP contribution in [0.1, 0.15) is 73.9 Å². The third-order valence-electron chi connectivity index (χ3n) is 6.64. The van der Waals surface area contributed by atoms with Crippen molar-refractivity contribution in [3.63, 3.8) is 0 Å². The van der Waals surface area contributed by atoms with E-state index >= 15 is 0 Å². The average Bonchev–Trinajstić information content (AvgIpc) is 3.73. The molecule has 12 nitrogen and oxygen atoms in total. The van der Waals surface area contributed by atoms with Crippen LogP contribution in [-0.4, -0.2) is 57.0 Å². The van der Waals surface area contributed by atoms with E-state index in [1.165, 1.54) is 6.26 Å². The van der Waals surface area contributed by atoms with Gasteiger partial charge in [0.05, 0.1) is 42.5 Å². The molecule has 1 atom stereocenters. The molecular weight excluding hydrogens is 606 g/mol. The zero-order chi connectivity index (χ0) is 32.0. The van der Waals surface area contributed by atoms with Crippen molar-refractivity contribution >= 4 is 51.9 Å². The SMILES string of the molecule is CCOC(=O)c1sc(NC(=O)C(C)Sc2nnc(CNC(=O)c3ccco3)n2-c2cccc(C)c2C)c(C(=O)OCC)c1C. The van der Waals surface area contributed by atoms with Gasteiger partial charge in [-0.25, -0.2) is 9.59 Å². The van der Waals surface area contributed by atoms with E-state index in [-0.39, 0.29) is 41.0 Å². The minimum Gasteiger partial charge on any atom is -0.462 e. The predicted octanol–water partition coefficient (Wildman–Crippen LogP) is 5.25. The van der Waals surface area contributed by atoms with E-state index in [2.05, 4.69) is 20.8 Å². The van der Waals surface area contributed by atoms with Gasteiger partial charge >= 0.3 is 11.9 Å². The number of furan rings is 1. The van der Waals surface area contributed by atoms with Crippen molar-refractivity contribution in [1.29, 1.82) is 0 Å². The Labute approximate surface area is 262 Å². The predicted molar refractivity (Wildman–Crippen MR) is 166 cm³/mol. The Bertz CT molecular complexity index is 1680. The van der Waals surface area contributed by atoms with Crippen molar-refractivity contribution in [2.75, 3.05) is 18.5 Å². The normalized spacial score (nSPS) is 11.6. The topological polar surface area (TPSA) is 155 Å². The number of thiophene rings is 1. The summed E-state index contributed by atoms with van der Waals surface area (Å²) in [6.45, 7) is 11.0. The molecule has 3 heterocycles. The summed E-state index contributed by atoms with van der Waals surface area (Å²) in [5, 5.41) is 14.2. The highest BCUT2D eigenvalue weighted by Gasteiger charge is 2.29. The number of esters is 2. The molecule has 4 rings (SSSR count). The van der Waals surface area contributed by atoms with Crippen molar-refractivity contribution in [2.24, 2.45) is 0 Å². The average molecular weight is 640 g/mol. The number of anilines is 1. The Hall–Kier alpha value is -4.43. The molecule has 14 heteroatoms. The molecule has 3 aromatic heterocycles. The fraction of sp³-hybridized carbons (Fsp3) is 0.333. The van der Waals surface area contributed by atoms with Crippen molar-refractivity contribution in [3.05, 3.63) is 75.3 Å². The van der Waals surface area contributed by atoms with Gasteiger partial charge in [0, 0.05) is 0 Å². The van der Waals surface area contributed by atoms with E-state index in [4.69, 9.17) is 13.9 Å². The van der Waals surface area contributed by atoms with E-state index < -0.39 is 29.0 Å². The maximum Gasteiger partial charge on any atom is 0.348 e. The molecule has 4 aromatic rings. The molecule has 2 N–H and O–H groups in total. The van der Waals surface area contributed by atoms with Crippen molar-refractivity contribution in [2.45, 2.75) is 58.5 Å². The lowest BCUT2D eigenvalue weighted by Crippen LogP contribution is -2.25. The van der Waals surface area contributed by atoms with Gasteiger partial charge in [-0.2, -0.15) is 0 Å². The molecule has 2 amide bonds. The molecule has 0 saturated heterocycles.